The molecule has 0 amide bonds. The first-order chi connectivity index (χ1) is 3.12. The Morgan fingerprint density at radius 1 is 1.29 bits per heavy atom. The van der Waals surface area contributed by atoms with Gasteiger partial charge in [0, 0.05) is 14.2 Å². The summed E-state index contributed by atoms with van der Waals surface area (Å²) in [5.74, 6) is 0. The fraction of sp³-hybridized carbons (Fsp3) is 1.00. The van der Waals surface area contributed by atoms with Crippen LogP contribution in [0.3, 0.4) is 0 Å². The summed E-state index contributed by atoms with van der Waals surface area (Å²) in [4.78, 5) is 0. The molecule has 2 nitrogen and oxygen atoms in total. The molecule has 0 aliphatic carbocycles. The smallest absolute Gasteiger partial charge is 0.140 e. The maximum Gasteiger partial charge on any atom is 0.140 e. The molecule has 7 heavy (non-hydrogen) atoms. The molecule has 0 N–H and O–H groups in total. The van der Waals surface area contributed by atoms with Gasteiger partial charge < -0.3 is 9.47 Å². The van der Waals surface area contributed by atoms with Gasteiger partial charge in [0.2, 0.25) is 0 Å². The summed E-state index contributed by atoms with van der Waals surface area (Å²) in [6.45, 7) is 1.77. The molecule has 0 aliphatic heterocycles. The summed E-state index contributed by atoms with van der Waals surface area (Å²) in [6, 6.07) is 0. The van der Waals surface area contributed by atoms with Crippen LogP contribution in [0.5, 0.6) is 0 Å². The number of methoxy groups -OCH3 is 2. The summed E-state index contributed by atoms with van der Waals surface area (Å²) < 4.78 is 9.56. The molecule has 3 radical (unpaired) electrons. The first-order valence-corrected chi connectivity index (χ1v) is 2.47. The molecule has 3 heteroatoms. The predicted octanol–water partition coefficient (Wildman–Crippen LogP) is 0.121. The van der Waals surface area contributed by atoms with Gasteiger partial charge in [0.05, 0.1) is 0 Å². The third kappa shape index (κ3) is 2.79. The minimum absolute atomic E-state index is 0.611. The van der Waals surface area contributed by atoms with Gasteiger partial charge in [-0.1, -0.05) is 0 Å². The lowest BCUT2D eigenvalue weighted by atomic mass is 10.7. The van der Waals surface area contributed by atoms with Gasteiger partial charge in [0.1, 0.15) is 15.7 Å². The molecule has 0 spiro atoms. The summed E-state index contributed by atoms with van der Waals surface area (Å²) in [5.41, 5.74) is -0.611. The third-order valence-corrected chi connectivity index (χ3v) is 1.19. The van der Waals surface area contributed by atoms with Crippen molar-refractivity contribution in [3.63, 3.8) is 0 Å². The lowest BCUT2D eigenvalue weighted by Gasteiger charge is -2.19. The first-order valence-electron chi connectivity index (χ1n) is 1.97. The highest BCUT2D eigenvalue weighted by Gasteiger charge is 2.12. The van der Waals surface area contributed by atoms with E-state index in [1.165, 1.54) is 0 Å². The largest absolute Gasteiger partial charge is 0.358 e. The van der Waals surface area contributed by atoms with Crippen molar-refractivity contribution < 1.29 is 9.47 Å². The lowest BCUT2D eigenvalue weighted by molar-refractivity contribution is -0.127. The minimum atomic E-state index is -0.611. The van der Waals surface area contributed by atoms with Crippen molar-refractivity contribution >= 4 is 10.2 Å². The van der Waals surface area contributed by atoms with Crippen LogP contribution >= 0.6 is 0 Å². The summed E-state index contributed by atoms with van der Waals surface area (Å²) in [6.07, 6.45) is 0. The molecule has 41 valence electrons. The summed E-state index contributed by atoms with van der Waals surface area (Å²) >= 11 is 0. The summed E-state index contributed by atoms with van der Waals surface area (Å²) in [5, 5.41) is 0. The number of hydrogen-bond acceptors (Lipinski definition) is 2. The van der Waals surface area contributed by atoms with E-state index in [0.717, 1.165) is 0 Å². The van der Waals surface area contributed by atoms with Crippen molar-refractivity contribution in [1.29, 1.82) is 0 Å². The number of ether oxygens (including phenoxy) is 2. The van der Waals surface area contributed by atoms with Gasteiger partial charge in [-0.2, -0.15) is 0 Å². The van der Waals surface area contributed by atoms with Crippen LogP contribution in [0.25, 0.3) is 0 Å². The highest BCUT2D eigenvalue weighted by Crippen LogP contribution is 2.00. The summed E-state index contributed by atoms with van der Waals surface area (Å²) in [7, 11) is 6.31. The Hall–Kier alpha value is 0.137. The number of rotatable bonds is 2. The first kappa shape index (κ1) is 7.14. The zero-order chi connectivity index (χ0) is 5.91. The van der Waals surface area contributed by atoms with Crippen LogP contribution in [-0.4, -0.2) is 29.9 Å². The van der Waals surface area contributed by atoms with Crippen molar-refractivity contribution in [1.82, 2.24) is 0 Å². The van der Waals surface area contributed by atoms with E-state index < -0.39 is 5.41 Å². The highest BCUT2D eigenvalue weighted by atomic mass is 28.1. The van der Waals surface area contributed by atoms with Crippen molar-refractivity contribution in [2.45, 2.75) is 12.3 Å². The zero-order valence-electron chi connectivity index (χ0n) is 4.82. The minimum Gasteiger partial charge on any atom is -0.358 e. The second kappa shape index (κ2) is 2.45. The standard InChI is InChI=1S/C4H9O2Si/c1-4(7,5-2)6-3/h1-3H3. The molecular weight excluding hydrogens is 108 g/mol. The monoisotopic (exact) mass is 117 g/mol. The quantitative estimate of drug-likeness (QED) is 0.378. The Kier molecular flexibility index (Phi) is 2.49. The Morgan fingerprint density at radius 3 is 1.57 bits per heavy atom. The third-order valence-electron chi connectivity index (χ3n) is 0.779. The van der Waals surface area contributed by atoms with Crippen molar-refractivity contribution in [2.24, 2.45) is 0 Å². The molecule has 0 aromatic carbocycles. The molecule has 0 rings (SSSR count). The van der Waals surface area contributed by atoms with Gasteiger partial charge in [-0.05, 0) is 6.92 Å². The van der Waals surface area contributed by atoms with E-state index >= 15 is 0 Å². The molecule has 0 unspecified atom stereocenters. The Labute approximate surface area is 47.2 Å². The molecule has 0 aromatic rings. The molecule has 0 bridgehead atoms. The van der Waals surface area contributed by atoms with E-state index in [4.69, 9.17) is 9.47 Å². The number of hydrogen-bond donors (Lipinski definition) is 0. The van der Waals surface area contributed by atoms with Crippen LogP contribution in [0.4, 0.5) is 0 Å². The second-order valence-electron chi connectivity index (χ2n) is 1.35. The Bertz CT molecular complexity index is 47.7. The SMILES string of the molecule is COC(C)([Si])OC. The normalized spacial score (nSPS) is 12.0. The fourth-order valence-electron chi connectivity index (χ4n) is 0.0833. The topological polar surface area (TPSA) is 18.5 Å². The van der Waals surface area contributed by atoms with E-state index in [1.54, 1.807) is 21.1 Å². The average molecular weight is 117 g/mol. The van der Waals surface area contributed by atoms with Crippen molar-refractivity contribution in [2.75, 3.05) is 14.2 Å². The van der Waals surface area contributed by atoms with Crippen LogP contribution in [0, 0.1) is 0 Å². The van der Waals surface area contributed by atoms with Gasteiger partial charge in [-0.3, -0.25) is 0 Å². The van der Waals surface area contributed by atoms with E-state index in [1.807, 2.05) is 0 Å². The van der Waals surface area contributed by atoms with Crippen LogP contribution in [0.2, 0.25) is 0 Å². The fourth-order valence-corrected chi connectivity index (χ4v) is 0.0833. The van der Waals surface area contributed by atoms with Gasteiger partial charge >= 0.3 is 0 Å². The van der Waals surface area contributed by atoms with E-state index in [9.17, 15) is 0 Å². The average Bonchev–Trinajstić information content (AvgIpc) is 1.68. The molecule has 0 aromatic heterocycles. The Morgan fingerprint density at radius 2 is 1.57 bits per heavy atom. The van der Waals surface area contributed by atoms with E-state index in [-0.39, 0.29) is 0 Å². The maximum atomic E-state index is 4.78. The second-order valence-corrected chi connectivity index (χ2v) is 2.26. The van der Waals surface area contributed by atoms with Gasteiger partial charge in [-0.25, -0.2) is 0 Å². The van der Waals surface area contributed by atoms with Gasteiger partial charge in [0.25, 0.3) is 0 Å². The van der Waals surface area contributed by atoms with Crippen molar-refractivity contribution in [3.05, 3.63) is 0 Å². The van der Waals surface area contributed by atoms with Gasteiger partial charge in [0.15, 0.2) is 0 Å². The van der Waals surface area contributed by atoms with Crippen LogP contribution in [0.1, 0.15) is 6.92 Å². The molecule has 0 aliphatic rings. The lowest BCUT2D eigenvalue weighted by Crippen LogP contribution is -2.29. The van der Waals surface area contributed by atoms with Crippen LogP contribution in [-0.2, 0) is 9.47 Å². The molecule has 0 fully saturated rings. The van der Waals surface area contributed by atoms with Crippen molar-refractivity contribution in [3.8, 4) is 0 Å². The van der Waals surface area contributed by atoms with E-state index in [2.05, 4.69) is 10.2 Å². The molecular formula is C4H9O2Si. The van der Waals surface area contributed by atoms with Gasteiger partial charge in [-0.15, -0.1) is 0 Å². The van der Waals surface area contributed by atoms with Crippen LogP contribution < -0.4 is 0 Å². The zero-order valence-corrected chi connectivity index (χ0v) is 5.82. The molecule has 0 saturated heterocycles. The Balaban J connectivity index is 3.36. The van der Waals surface area contributed by atoms with Crippen LogP contribution in [0.15, 0.2) is 0 Å². The van der Waals surface area contributed by atoms with E-state index in [0.29, 0.717) is 0 Å². The molecule has 0 saturated carbocycles. The molecule has 0 heterocycles. The predicted molar refractivity (Wildman–Crippen MR) is 28.2 cm³/mol. The maximum absolute atomic E-state index is 4.78. The molecule has 0 atom stereocenters. The highest BCUT2D eigenvalue weighted by molar-refractivity contribution is 6.13.